The van der Waals surface area contributed by atoms with Gasteiger partial charge in [-0.05, 0) is 70.2 Å². The predicted octanol–water partition coefficient (Wildman–Crippen LogP) is 4.92. The van der Waals surface area contributed by atoms with Crippen molar-refractivity contribution >= 4 is 43.3 Å². The van der Waals surface area contributed by atoms with Crippen LogP contribution in [0.25, 0.3) is 11.3 Å². The molecule has 2 amide bonds. The van der Waals surface area contributed by atoms with Gasteiger partial charge >= 0.3 is 0 Å². The number of allylic oxidation sites excluding steroid dienone is 1. The Morgan fingerprint density at radius 1 is 1.28 bits per heavy atom. The van der Waals surface area contributed by atoms with E-state index in [1.165, 1.54) is 18.9 Å². The van der Waals surface area contributed by atoms with E-state index in [1.807, 2.05) is 42.6 Å². The Morgan fingerprint density at radius 2 is 2.02 bits per heavy atom. The third kappa shape index (κ3) is 8.10. The molecule has 2 aliphatic heterocycles. The van der Waals surface area contributed by atoms with Crippen molar-refractivity contribution in [2.75, 3.05) is 45.3 Å². The standard InChI is InChI=1S/C35H44BN7O3S/c1-7-27(33-37-16-9-17-40(33)4)34(45)38-29-21-43(39-32(29)28-20-26(47-6)10-11-30(28)46-24(3)36)22-31(44)42-18-12-25(13-19-42)41(5)23-35(8-2)14-15-35/h7-11,16-17,20-21,24-25H,1-2,12-15,18-19,22-23H2,3-6H3,(H,38,45)/b33-27+. The van der Waals surface area contributed by atoms with Crippen molar-refractivity contribution in [2.24, 2.45) is 10.4 Å². The summed E-state index contributed by atoms with van der Waals surface area (Å²) in [6.45, 7) is 12.1. The number of carbonyl (C=O) groups is 2. The lowest BCUT2D eigenvalue weighted by molar-refractivity contribution is -0.133. The second-order valence-electron chi connectivity index (χ2n) is 12.5. The number of aromatic nitrogens is 2. The van der Waals surface area contributed by atoms with E-state index in [2.05, 4.69) is 41.5 Å². The van der Waals surface area contributed by atoms with Gasteiger partial charge in [0.2, 0.25) is 5.91 Å². The molecule has 1 saturated carbocycles. The zero-order chi connectivity index (χ0) is 33.7. The van der Waals surface area contributed by atoms with Crippen LogP contribution in [0.15, 0.2) is 83.3 Å². The topological polar surface area (TPSA) is 95.3 Å². The van der Waals surface area contributed by atoms with Crippen LogP contribution < -0.4 is 10.1 Å². The van der Waals surface area contributed by atoms with E-state index in [0.29, 0.717) is 53.2 Å². The maximum absolute atomic E-state index is 13.7. The lowest BCUT2D eigenvalue weighted by Crippen LogP contribution is -2.47. The minimum absolute atomic E-state index is 0.0217. The Kier molecular flexibility index (Phi) is 10.8. The average molecular weight is 654 g/mol. The van der Waals surface area contributed by atoms with Crippen LogP contribution in [0.3, 0.4) is 0 Å². The molecule has 1 unspecified atom stereocenters. The maximum Gasteiger partial charge on any atom is 0.259 e. The third-order valence-corrected chi connectivity index (χ3v) is 9.73. The van der Waals surface area contributed by atoms with Gasteiger partial charge < -0.3 is 24.8 Å². The van der Waals surface area contributed by atoms with Gasteiger partial charge in [-0.25, -0.2) is 4.99 Å². The van der Waals surface area contributed by atoms with E-state index in [1.54, 1.807) is 46.8 Å². The van der Waals surface area contributed by atoms with Gasteiger partial charge in [-0.15, -0.1) is 18.3 Å². The molecule has 246 valence electrons. The summed E-state index contributed by atoms with van der Waals surface area (Å²) >= 11 is 1.57. The monoisotopic (exact) mass is 653 g/mol. The summed E-state index contributed by atoms with van der Waals surface area (Å²) in [7, 11) is 10.0. The highest BCUT2D eigenvalue weighted by Gasteiger charge is 2.41. The highest BCUT2D eigenvalue weighted by molar-refractivity contribution is 7.98. The van der Waals surface area contributed by atoms with Gasteiger partial charge in [-0.3, -0.25) is 14.3 Å². The molecule has 0 spiro atoms. The van der Waals surface area contributed by atoms with Crippen molar-refractivity contribution in [1.29, 1.82) is 0 Å². The van der Waals surface area contributed by atoms with Crippen molar-refractivity contribution in [3.8, 4) is 17.0 Å². The number of rotatable bonds is 13. The molecule has 10 nitrogen and oxygen atoms in total. The smallest absolute Gasteiger partial charge is 0.259 e. The molecular weight excluding hydrogens is 609 g/mol. The molecule has 12 heteroatoms. The molecule has 1 aromatic heterocycles. The number of amides is 2. The number of benzene rings is 1. The second kappa shape index (κ2) is 14.8. The Hall–Kier alpha value is -4.03. The number of nitrogens with one attached hydrogen (secondary N) is 1. The van der Waals surface area contributed by atoms with E-state index >= 15 is 0 Å². The number of ether oxygens (including phenoxy) is 1. The molecule has 2 radical (unpaired) electrons. The van der Waals surface area contributed by atoms with E-state index in [-0.39, 0.29) is 17.9 Å². The Bertz CT molecular complexity index is 1600. The van der Waals surface area contributed by atoms with Crippen LogP contribution in [-0.4, -0.2) is 102 Å². The molecular formula is C35H44BN7O3S. The van der Waals surface area contributed by atoms with Crippen LogP contribution in [0.5, 0.6) is 5.75 Å². The minimum Gasteiger partial charge on any atom is -0.500 e. The van der Waals surface area contributed by atoms with Gasteiger partial charge in [0, 0.05) is 67.2 Å². The van der Waals surface area contributed by atoms with Crippen molar-refractivity contribution in [3.63, 3.8) is 0 Å². The lowest BCUT2D eigenvalue weighted by atomic mass is 10.0. The number of thioether (sulfide) groups is 1. The number of piperidine rings is 1. The zero-order valence-corrected chi connectivity index (χ0v) is 28.6. The highest BCUT2D eigenvalue weighted by Crippen LogP contribution is 2.47. The number of hydrogen-bond acceptors (Lipinski definition) is 8. The molecule has 1 aliphatic carbocycles. The normalized spacial score (nSPS) is 19.0. The first-order valence-electron chi connectivity index (χ1n) is 16.0. The van der Waals surface area contributed by atoms with Crippen molar-refractivity contribution in [3.05, 3.63) is 73.4 Å². The quantitative estimate of drug-likeness (QED) is 0.142. The van der Waals surface area contributed by atoms with Crippen LogP contribution in [0.1, 0.15) is 32.6 Å². The van der Waals surface area contributed by atoms with Crippen LogP contribution >= 0.6 is 11.8 Å². The van der Waals surface area contributed by atoms with Gasteiger partial charge in [0.05, 0.1) is 17.3 Å². The van der Waals surface area contributed by atoms with E-state index < -0.39 is 11.9 Å². The summed E-state index contributed by atoms with van der Waals surface area (Å²) in [6, 6.07) is 5.60. The molecule has 1 atom stereocenters. The van der Waals surface area contributed by atoms with Crippen molar-refractivity contribution < 1.29 is 14.3 Å². The van der Waals surface area contributed by atoms with E-state index in [0.717, 1.165) is 24.3 Å². The summed E-state index contributed by atoms with van der Waals surface area (Å²) in [5.74, 6) is 0.546. The minimum atomic E-state index is -0.575. The van der Waals surface area contributed by atoms with E-state index in [9.17, 15) is 9.59 Å². The van der Waals surface area contributed by atoms with Gasteiger partial charge in [0.1, 0.15) is 31.7 Å². The average Bonchev–Trinajstić information content (AvgIpc) is 3.73. The molecule has 5 rings (SSSR count). The fraction of sp³-hybridized carbons (Fsp3) is 0.429. The van der Waals surface area contributed by atoms with Gasteiger partial charge in [0.15, 0.2) is 0 Å². The molecule has 3 heterocycles. The fourth-order valence-electron chi connectivity index (χ4n) is 6.10. The molecule has 3 aliphatic rings. The SMILES string of the molecule is [B]C(C)Oc1ccc(SC)cc1-c1nn(CC(=O)N2CCC(N(C)CC3(C=C)CC3)CC2)cc1NC(=O)/C(C=C)=C1\N=CC=CN1C. The highest BCUT2D eigenvalue weighted by atomic mass is 32.2. The number of nitrogens with zero attached hydrogens (tertiary/aromatic N) is 6. The van der Waals surface area contributed by atoms with Gasteiger partial charge in [0.25, 0.3) is 5.91 Å². The second-order valence-corrected chi connectivity index (χ2v) is 13.4. The summed E-state index contributed by atoms with van der Waals surface area (Å²) < 4.78 is 7.54. The summed E-state index contributed by atoms with van der Waals surface area (Å²) in [5.41, 5.74) is 2.10. The predicted molar refractivity (Wildman–Crippen MR) is 191 cm³/mol. The van der Waals surface area contributed by atoms with Crippen LogP contribution in [0, 0.1) is 5.41 Å². The largest absolute Gasteiger partial charge is 0.500 e. The molecule has 2 fully saturated rings. The maximum atomic E-state index is 13.7. The van der Waals surface area contributed by atoms with Crippen molar-refractivity contribution in [1.82, 2.24) is 24.5 Å². The lowest BCUT2D eigenvalue weighted by Gasteiger charge is -2.38. The molecule has 1 saturated heterocycles. The first kappa shape index (κ1) is 34.3. The summed E-state index contributed by atoms with van der Waals surface area (Å²) in [4.78, 5) is 38.7. The Labute approximate surface area is 283 Å². The molecule has 2 aromatic rings. The first-order valence-corrected chi connectivity index (χ1v) is 17.2. The first-order chi connectivity index (χ1) is 22.6. The molecule has 0 bridgehead atoms. The Balaban J connectivity index is 1.39. The number of anilines is 1. The molecule has 1 N–H and O–H groups in total. The summed E-state index contributed by atoms with van der Waals surface area (Å²) in [5, 5.41) is 7.85. The van der Waals surface area contributed by atoms with Crippen molar-refractivity contribution in [2.45, 2.75) is 56.1 Å². The van der Waals surface area contributed by atoms with Gasteiger partial charge in [-0.2, -0.15) is 5.10 Å². The van der Waals surface area contributed by atoms with Gasteiger partial charge in [-0.1, -0.05) is 18.7 Å². The van der Waals surface area contributed by atoms with Crippen LogP contribution in [0.4, 0.5) is 5.69 Å². The molecule has 1 aromatic carbocycles. The van der Waals surface area contributed by atoms with Crippen LogP contribution in [-0.2, 0) is 16.1 Å². The van der Waals surface area contributed by atoms with E-state index in [4.69, 9.17) is 17.7 Å². The number of likely N-dealkylation sites (tertiary alicyclic amines) is 1. The zero-order valence-electron chi connectivity index (χ0n) is 27.8. The third-order valence-electron chi connectivity index (χ3n) is 9.01. The number of aliphatic imine (C=N–C) groups is 1. The number of carbonyl (C=O) groups excluding carboxylic acids is 2. The van der Waals surface area contributed by atoms with Crippen LogP contribution in [0.2, 0.25) is 0 Å². The molecule has 47 heavy (non-hydrogen) atoms. The Morgan fingerprint density at radius 3 is 2.64 bits per heavy atom. The number of hydrogen-bond donors (Lipinski definition) is 1. The summed E-state index contributed by atoms with van der Waals surface area (Å²) in [6.07, 6.45) is 16.7. The fourth-order valence-corrected chi connectivity index (χ4v) is 6.54.